The van der Waals surface area contributed by atoms with E-state index < -0.39 is 0 Å². The third-order valence-electron chi connectivity index (χ3n) is 2.80. The van der Waals surface area contributed by atoms with E-state index in [1.165, 1.54) is 11.6 Å². The normalized spacial score (nSPS) is 10.6. The van der Waals surface area contributed by atoms with Crippen molar-refractivity contribution in [2.75, 3.05) is 6.54 Å². The first-order chi connectivity index (χ1) is 8.77. The van der Waals surface area contributed by atoms with Gasteiger partial charge in [-0.1, -0.05) is 52.3 Å². The minimum absolute atomic E-state index is 0.170. The molecule has 2 aromatic rings. The second-order valence-electron chi connectivity index (χ2n) is 4.11. The van der Waals surface area contributed by atoms with Crippen LogP contribution in [0.3, 0.4) is 0 Å². The van der Waals surface area contributed by atoms with Crippen LogP contribution in [0.15, 0.2) is 53.0 Å². The first-order valence-corrected chi connectivity index (χ1v) is 6.74. The fourth-order valence-electron chi connectivity index (χ4n) is 1.79. The van der Waals surface area contributed by atoms with Gasteiger partial charge in [0, 0.05) is 16.6 Å². The topological polar surface area (TPSA) is 12.0 Å². The van der Waals surface area contributed by atoms with E-state index in [0.29, 0.717) is 12.1 Å². The van der Waals surface area contributed by atoms with Crippen molar-refractivity contribution < 1.29 is 4.39 Å². The summed E-state index contributed by atoms with van der Waals surface area (Å²) in [6, 6.07) is 15.3. The highest BCUT2D eigenvalue weighted by Gasteiger charge is 2.05. The summed E-state index contributed by atoms with van der Waals surface area (Å²) in [6.07, 6.45) is 0.951. The lowest BCUT2D eigenvalue weighted by Gasteiger charge is -2.08. The molecular weight excluding hydrogens is 293 g/mol. The molecule has 0 bridgehead atoms. The molecular formula is C15H15BrFN. The summed E-state index contributed by atoms with van der Waals surface area (Å²) in [4.78, 5) is 0. The van der Waals surface area contributed by atoms with Gasteiger partial charge in [0.15, 0.2) is 0 Å². The predicted molar refractivity (Wildman–Crippen MR) is 76.0 cm³/mol. The average molecular weight is 308 g/mol. The van der Waals surface area contributed by atoms with Gasteiger partial charge in [-0.2, -0.15) is 0 Å². The number of hydrogen-bond donors (Lipinski definition) is 1. The summed E-state index contributed by atoms with van der Waals surface area (Å²) in [6.45, 7) is 1.38. The Morgan fingerprint density at radius 2 is 1.78 bits per heavy atom. The van der Waals surface area contributed by atoms with Crippen molar-refractivity contribution in [1.82, 2.24) is 5.32 Å². The SMILES string of the molecule is Fc1cccc(Br)c1CNCCc1ccccc1. The van der Waals surface area contributed by atoms with E-state index in [1.54, 1.807) is 6.07 Å². The molecule has 0 radical (unpaired) electrons. The van der Waals surface area contributed by atoms with E-state index in [-0.39, 0.29) is 5.82 Å². The first kappa shape index (κ1) is 13.2. The van der Waals surface area contributed by atoms with Gasteiger partial charge in [0.25, 0.3) is 0 Å². The van der Waals surface area contributed by atoms with E-state index in [9.17, 15) is 4.39 Å². The monoisotopic (exact) mass is 307 g/mol. The lowest BCUT2D eigenvalue weighted by Crippen LogP contribution is -2.17. The molecule has 0 aliphatic rings. The van der Waals surface area contributed by atoms with Crippen molar-refractivity contribution in [1.29, 1.82) is 0 Å². The van der Waals surface area contributed by atoms with Crippen LogP contribution in [-0.4, -0.2) is 6.54 Å². The summed E-state index contributed by atoms with van der Waals surface area (Å²) in [5.74, 6) is -0.170. The Balaban J connectivity index is 1.82. The molecule has 18 heavy (non-hydrogen) atoms. The average Bonchev–Trinajstić information content (AvgIpc) is 2.38. The number of rotatable bonds is 5. The molecule has 2 rings (SSSR count). The summed E-state index contributed by atoms with van der Waals surface area (Å²) in [5.41, 5.74) is 1.98. The van der Waals surface area contributed by atoms with Crippen molar-refractivity contribution in [3.8, 4) is 0 Å². The molecule has 0 fully saturated rings. The molecule has 0 spiro atoms. The summed E-state index contributed by atoms with van der Waals surface area (Å²) < 4.78 is 14.3. The van der Waals surface area contributed by atoms with Crippen molar-refractivity contribution in [3.63, 3.8) is 0 Å². The van der Waals surface area contributed by atoms with Crippen LogP contribution >= 0.6 is 15.9 Å². The molecule has 0 heterocycles. The van der Waals surface area contributed by atoms with E-state index >= 15 is 0 Å². The van der Waals surface area contributed by atoms with E-state index in [0.717, 1.165) is 17.4 Å². The molecule has 94 valence electrons. The third-order valence-corrected chi connectivity index (χ3v) is 3.54. The zero-order chi connectivity index (χ0) is 12.8. The smallest absolute Gasteiger partial charge is 0.128 e. The predicted octanol–water partition coefficient (Wildman–Crippen LogP) is 3.92. The van der Waals surface area contributed by atoms with Gasteiger partial charge >= 0.3 is 0 Å². The maximum atomic E-state index is 13.5. The van der Waals surface area contributed by atoms with Crippen LogP contribution in [0.1, 0.15) is 11.1 Å². The van der Waals surface area contributed by atoms with E-state index in [2.05, 4.69) is 33.4 Å². The lowest BCUT2D eigenvalue weighted by molar-refractivity contribution is 0.586. The Hall–Kier alpha value is -1.19. The highest BCUT2D eigenvalue weighted by atomic mass is 79.9. The number of halogens is 2. The zero-order valence-corrected chi connectivity index (χ0v) is 11.6. The molecule has 0 saturated heterocycles. The van der Waals surface area contributed by atoms with Crippen molar-refractivity contribution >= 4 is 15.9 Å². The molecule has 1 nitrogen and oxygen atoms in total. The van der Waals surface area contributed by atoms with Crippen LogP contribution in [-0.2, 0) is 13.0 Å². The van der Waals surface area contributed by atoms with Gasteiger partial charge in [-0.3, -0.25) is 0 Å². The van der Waals surface area contributed by atoms with Crippen molar-refractivity contribution in [2.45, 2.75) is 13.0 Å². The van der Waals surface area contributed by atoms with Gasteiger partial charge < -0.3 is 5.32 Å². The number of nitrogens with one attached hydrogen (secondary N) is 1. The largest absolute Gasteiger partial charge is 0.312 e. The summed E-state index contributed by atoms with van der Waals surface area (Å²) >= 11 is 3.36. The van der Waals surface area contributed by atoms with Gasteiger partial charge in [0.2, 0.25) is 0 Å². The van der Waals surface area contributed by atoms with Crippen LogP contribution in [0.25, 0.3) is 0 Å². The van der Waals surface area contributed by atoms with Crippen LogP contribution in [0.5, 0.6) is 0 Å². The molecule has 0 amide bonds. The number of hydrogen-bond acceptors (Lipinski definition) is 1. The summed E-state index contributed by atoms with van der Waals surface area (Å²) in [7, 11) is 0. The fourth-order valence-corrected chi connectivity index (χ4v) is 2.27. The molecule has 0 unspecified atom stereocenters. The Kier molecular flexibility index (Phi) is 4.90. The Morgan fingerprint density at radius 3 is 2.50 bits per heavy atom. The highest BCUT2D eigenvalue weighted by molar-refractivity contribution is 9.10. The van der Waals surface area contributed by atoms with E-state index in [4.69, 9.17) is 0 Å². The standard InChI is InChI=1S/C15H15BrFN/c16-14-7-4-8-15(17)13(14)11-18-10-9-12-5-2-1-3-6-12/h1-8,18H,9-11H2. The molecule has 0 aliphatic carbocycles. The van der Waals surface area contributed by atoms with Crippen LogP contribution < -0.4 is 5.32 Å². The van der Waals surface area contributed by atoms with Crippen LogP contribution in [0.4, 0.5) is 4.39 Å². The molecule has 0 aromatic heterocycles. The maximum absolute atomic E-state index is 13.5. The number of benzene rings is 2. The second-order valence-corrected chi connectivity index (χ2v) is 4.97. The molecule has 0 aliphatic heterocycles. The maximum Gasteiger partial charge on any atom is 0.128 e. The Morgan fingerprint density at radius 1 is 1.00 bits per heavy atom. The Labute approximate surface area is 115 Å². The second kappa shape index (κ2) is 6.66. The quantitative estimate of drug-likeness (QED) is 0.826. The van der Waals surface area contributed by atoms with Gasteiger partial charge in [0.05, 0.1) is 0 Å². The van der Waals surface area contributed by atoms with Gasteiger partial charge in [0.1, 0.15) is 5.82 Å². The van der Waals surface area contributed by atoms with E-state index in [1.807, 2.05) is 24.3 Å². The first-order valence-electron chi connectivity index (χ1n) is 5.95. The zero-order valence-electron chi connectivity index (χ0n) is 10.00. The molecule has 0 atom stereocenters. The van der Waals surface area contributed by atoms with Crippen LogP contribution in [0, 0.1) is 5.82 Å². The minimum atomic E-state index is -0.170. The van der Waals surface area contributed by atoms with Crippen LogP contribution in [0.2, 0.25) is 0 Å². The lowest BCUT2D eigenvalue weighted by atomic mass is 10.1. The van der Waals surface area contributed by atoms with Gasteiger partial charge in [-0.05, 0) is 30.7 Å². The van der Waals surface area contributed by atoms with Crippen molar-refractivity contribution in [2.24, 2.45) is 0 Å². The third kappa shape index (κ3) is 3.65. The molecule has 0 saturated carbocycles. The Bertz CT molecular complexity index is 479. The van der Waals surface area contributed by atoms with Gasteiger partial charge in [-0.15, -0.1) is 0 Å². The van der Waals surface area contributed by atoms with Gasteiger partial charge in [-0.25, -0.2) is 4.39 Å². The fraction of sp³-hybridized carbons (Fsp3) is 0.200. The minimum Gasteiger partial charge on any atom is -0.312 e. The summed E-state index contributed by atoms with van der Waals surface area (Å²) in [5, 5.41) is 3.26. The molecule has 3 heteroatoms. The molecule has 2 aromatic carbocycles. The van der Waals surface area contributed by atoms with Crippen molar-refractivity contribution in [3.05, 3.63) is 69.9 Å². The molecule has 1 N–H and O–H groups in total. The highest BCUT2D eigenvalue weighted by Crippen LogP contribution is 2.19.